The Morgan fingerprint density at radius 3 is 2.05 bits per heavy atom. The normalized spacial score (nSPS) is 19.9. The van der Waals surface area contributed by atoms with Gasteiger partial charge in [0.05, 0.1) is 18.1 Å². The molecule has 0 N–H and O–H groups in total. The van der Waals surface area contributed by atoms with E-state index in [1.54, 1.807) is 0 Å². The first-order valence-electron chi connectivity index (χ1n) is 13.6. The molecule has 1 aromatic rings. The van der Waals surface area contributed by atoms with E-state index >= 15 is 0 Å². The summed E-state index contributed by atoms with van der Waals surface area (Å²) in [4.78, 5) is 28.0. The van der Waals surface area contributed by atoms with Crippen molar-refractivity contribution in [3.8, 4) is 0 Å². The number of cyclic esters (lactones) is 1. The number of carbonyl (C=O) groups excluding carboxylic acids is 2. The molecule has 37 heavy (non-hydrogen) atoms. The highest BCUT2D eigenvalue weighted by Crippen LogP contribution is 2.41. The summed E-state index contributed by atoms with van der Waals surface area (Å²) in [6.07, 6.45) is -0.360. The monoisotopic (exact) mass is 549 g/mol. The summed E-state index contributed by atoms with van der Waals surface area (Å²) in [5, 5.41) is 0.0738. The quantitative estimate of drug-likeness (QED) is 0.287. The molecule has 1 saturated heterocycles. The van der Waals surface area contributed by atoms with Crippen molar-refractivity contribution in [1.82, 2.24) is 4.90 Å². The molecule has 1 fully saturated rings. The number of rotatable bonds is 10. The average molecular weight is 550 g/mol. The van der Waals surface area contributed by atoms with Crippen molar-refractivity contribution in [1.29, 1.82) is 0 Å². The van der Waals surface area contributed by atoms with Crippen LogP contribution in [0.2, 0.25) is 36.3 Å². The van der Waals surface area contributed by atoms with E-state index < -0.39 is 28.6 Å². The topological polar surface area (TPSA) is 65.1 Å². The molecule has 0 aromatic heterocycles. The van der Waals surface area contributed by atoms with Crippen LogP contribution in [0.1, 0.15) is 61.0 Å². The molecule has 1 aliphatic rings. The molecule has 1 aromatic carbocycles. The van der Waals surface area contributed by atoms with Gasteiger partial charge in [-0.2, -0.15) is 0 Å². The number of imide groups is 1. The van der Waals surface area contributed by atoms with Crippen molar-refractivity contribution in [2.75, 3.05) is 13.2 Å². The minimum absolute atomic E-state index is 0.0174. The number of hydrogen-bond acceptors (Lipinski definition) is 5. The number of benzene rings is 1. The van der Waals surface area contributed by atoms with E-state index in [9.17, 15) is 9.59 Å². The molecule has 0 spiro atoms. The van der Waals surface area contributed by atoms with Crippen LogP contribution >= 0.6 is 0 Å². The third kappa shape index (κ3) is 7.77. The van der Waals surface area contributed by atoms with E-state index in [-0.39, 0.29) is 40.7 Å². The van der Waals surface area contributed by atoms with E-state index in [1.165, 1.54) is 4.90 Å². The summed E-state index contributed by atoms with van der Waals surface area (Å²) in [6.45, 7) is 26.9. The maximum atomic E-state index is 13.9. The molecule has 1 unspecified atom stereocenters. The number of nitrogens with zero attached hydrogens (tertiary/aromatic N) is 1. The smallest absolute Gasteiger partial charge is 0.416 e. The fraction of sp³-hybridized carbons (Fsp3) is 0.724. The summed E-state index contributed by atoms with van der Waals surface area (Å²) in [5.41, 5.74) is 1.07. The molecule has 1 aliphatic heterocycles. The minimum atomic E-state index is -2.22. The molecule has 2 amide bonds. The Morgan fingerprint density at radius 1 is 1.00 bits per heavy atom. The fourth-order valence-corrected chi connectivity index (χ4v) is 6.59. The average Bonchev–Trinajstić information content (AvgIpc) is 3.13. The van der Waals surface area contributed by atoms with Gasteiger partial charge in [-0.05, 0) is 48.2 Å². The lowest BCUT2D eigenvalue weighted by molar-refractivity contribution is -0.137. The lowest BCUT2D eigenvalue weighted by Gasteiger charge is -2.44. The SMILES string of the molecule is CC(CO[Si](C)(C)C(C)(C)C)[C@@H](O[Si](C)(C)C(C)(C)C)[C@@H](C)C(=O)N1C(=O)OC[C@H]1Cc1ccccc1. The van der Waals surface area contributed by atoms with Crippen molar-refractivity contribution in [2.45, 2.75) is 110 Å². The van der Waals surface area contributed by atoms with Crippen LogP contribution in [0.3, 0.4) is 0 Å². The van der Waals surface area contributed by atoms with Crippen molar-refractivity contribution in [3.63, 3.8) is 0 Å². The van der Waals surface area contributed by atoms with Crippen molar-refractivity contribution >= 4 is 28.6 Å². The van der Waals surface area contributed by atoms with E-state index in [4.69, 9.17) is 13.6 Å². The number of amides is 2. The maximum Gasteiger partial charge on any atom is 0.416 e. The Labute approximate surface area is 227 Å². The van der Waals surface area contributed by atoms with Gasteiger partial charge in [0.25, 0.3) is 0 Å². The van der Waals surface area contributed by atoms with Gasteiger partial charge >= 0.3 is 6.09 Å². The molecule has 0 bridgehead atoms. The van der Waals surface area contributed by atoms with Crippen LogP contribution in [0.15, 0.2) is 30.3 Å². The molecule has 0 aliphatic carbocycles. The lowest BCUT2D eigenvalue weighted by Crippen LogP contribution is -2.53. The third-order valence-corrected chi connectivity index (χ3v) is 17.7. The number of carbonyl (C=O) groups is 2. The van der Waals surface area contributed by atoms with Crippen LogP contribution in [0, 0.1) is 11.8 Å². The second-order valence-electron chi connectivity index (χ2n) is 13.8. The van der Waals surface area contributed by atoms with Crippen LogP contribution < -0.4 is 0 Å². The minimum Gasteiger partial charge on any atom is -0.447 e. The van der Waals surface area contributed by atoms with E-state index in [2.05, 4.69) is 74.7 Å². The molecular weight excluding hydrogens is 498 g/mol. The summed E-state index contributed by atoms with van der Waals surface area (Å²) < 4.78 is 18.9. The van der Waals surface area contributed by atoms with Crippen LogP contribution in [-0.2, 0) is 24.8 Å². The van der Waals surface area contributed by atoms with E-state index in [0.717, 1.165) is 5.56 Å². The molecule has 2 rings (SSSR count). The third-order valence-electron chi connectivity index (χ3n) is 8.71. The first kappa shape index (κ1) is 31.7. The molecule has 1 heterocycles. The van der Waals surface area contributed by atoms with Gasteiger partial charge in [-0.1, -0.05) is 85.7 Å². The Balaban J connectivity index is 2.31. The second-order valence-corrected chi connectivity index (χ2v) is 23.4. The van der Waals surface area contributed by atoms with Gasteiger partial charge in [-0.3, -0.25) is 4.79 Å². The van der Waals surface area contributed by atoms with Gasteiger partial charge in [0.15, 0.2) is 16.6 Å². The van der Waals surface area contributed by atoms with Crippen molar-refractivity contribution in [2.24, 2.45) is 11.8 Å². The molecule has 8 heteroatoms. The van der Waals surface area contributed by atoms with Crippen LogP contribution in [0.4, 0.5) is 4.79 Å². The van der Waals surface area contributed by atoms with Crippen LogP contribution in [-0.4, -0.2) is 58.9 Å². The van der Waals surface area contributed by atoms with Crippen molar-refractivity contribution in [3.05, 3.63) is 35.9 Å². The van der Waals surface area contributed by atoms with Crippen molar-refractivity contribution < 1.29 is 23.2 Å². The summed E-state index contributed by atoms with van der Waals surface area (Å²) in [7, 11) is -4.19. The Hall–Kier alpha value is -1.49. The van der Waals surface area contributed by atoms with Gasteiger partial charge in [-0.15, -0.1) is 0 Å². The summed E-state index contributed by atoms with van der Waals surface area (Å²) >= 11 is 0. The summed E-state index contributed by atoms with van der Waals surface area (Å²) in [5.74, 6) is -0.768. The molecular formula is C29H51NO5Si2. The molecule has 4 atom stereocenters. The highest BCUT2D eigenvalue weighted by Gasteiger charge is 2.47. The largest absolute Gasteiger partial charge is 0.447 e. The summed E-state index contributed by atoms with van der Waals surface area (Å²) in [6, 6.07) is 9.60. The fourth-order valence-electron chi connectivity index (χ4n) is 4.01. The van der Waals surface area contributed by atoms with E-state index in [1.807, 2.05) is 37.3 Å². The van der Waals surface area contributed by atoms with E-state index in [0.29, 0.717) is 13.0 Å². The zero-order valence-corrected chi connectivity index (χ0v) is 27.3. The number of ether oxygens (including phenoxy) is 1. The van der Waals surface area contributed by atoms with Gasteiger partial charge in [0.2, 0.25) is 5.91 Å². The second kappa shape index (κ2) is 11.7. The molecule has 210 valence electrons. The molecule has 0 radical (unpaired) electrons. The van der Waals surface area contributed by atoms with Gasteiger partial charge in [0.1, 0.15) is 6.61 Å². The highest BCUT2D eigenvalue weighted by atomic mass is 28.4. The molecule has 0 saturated carbocycles. The molecule has 6 nitrogen and oxygen atoms in total. The van der Waals surface area contributed by atoms with Crippen LogP contribution in [0.25, 0.3) is 0 Å². The first-order valence-corrected chi connectivity index (χ1v) is 19.5. The maximum absolute atomic E-state index is 13.9. The number of hydrogen-bond donors (Lipinski definition) is 0. The first-order chi connectivity index (χ1) is 16.8. The van der Waals surface area contributed by atoms with Gasteiger partial charge in [-0.25, -0.2) is 9.69 Å². The van der Waals surface area contributed by atoms with Crippen LogP contribution in [0.5, 0.6) is 0 Å². The highest BCUT2D eigenvalue weighted by molar-refractivity contribution is 6.74. The Morgan fingerprint density at radius 2 is 1.54 bits per heavy atom. The van der Waals surface area contributed by atoms with Gasteiger partial charge < -0.3 is 13.6 Å². The Kier molecular flexibility index (Phi) is 10.0. The van der Waals surface area contributed by atoms with Gasteiger partial charge in [0, 0.05) is 12.5 Å². The zero-order chi connectivity index (χ0) is 28.4. The zero-order valence-electron chi connectivity index (χ0n) is 25.3. The Bertz CT molecular complexity index is 920. The lowest BCUT2D eigenvalue weighted by atomic mass is 9.92. The standard InChI is InChI=1S/C29H51NO5Si2/c1-21(19-34-36(9,10)28(3,4)5)25(35-37(11,12)29(6,7)8)22(2)26(31)30-24(20-33-27(30)32)18-23-16-14-13-15-17-23/h13-17,21-22,24-25H,18-20H2,1-12H3/t21?,22-,24-,25-/m1/s1. The predicted octanol–water partition coefficient (Wildman–Crippen LogP) is 7.26. The predicted molar refractivity (Wildman–Crippen MR) is 156 cm³/mol.